The fraction of sp³-hybridized carbons (Fsp3) is 0.160. The van der Waals surface area contributed by atoms with Gasteiger partial charge in [0.25, 0.3) is 0 Å². The summed E-state index contributed by atoms with van der Waals surface area (Å²) in [5.41, 5.74) is 3.76. The lowest BCUT2D eigenvalue weighted by atomic mass is 9.86. The van der Waals surface area contributed by atoms with Gasteiger partial charge in [-0.15, -0.1) is 0 Å². The van der Waals surface area contributed by atoms with Crippen LogP contribution >= 0.6 is 0 Å². The highest BCUT2D eigenvalue weighted by atomic mass is 16.3. The summed E-state index contributed by atoms with van der Waals surface area (Å²) in [7, 11) is 0. The van der Waals surface area contributed by atoms with Gasteiger partial charge in [0.05, 0.1) is 5.69 Å². The molecule has 4 nitrogen and oxygen atoms in total. The molecule has 4 heteroatoms. The number of H-pyrrole nitrogens is 1. The van der Waals surface area contributed by atoms with Crippen LogP contribution in [0.2, 0.25) is 0 Å². The van der Waals surface area contributed by atoms with Gasteiger partial charge in [-0.05, 0) is 59.7 Å². The summed E-state index contributed by atoms with van der Waals surface area (Å²) in [5, 5.41) is 14.5. The average molecular weight is 381 g/mol. The molecule has 0 fully saturated rings. The van der Waals surface area contributed by atoms with E-state index in [1.165, 1.54) is 0 Å². The number of aromatic nitrogens is 3. The fourth-order valence-corrected chi connectivity index (χ4v) is 4.37. The predicted octanol–water partition coefficient (Wildman–Crippen LogP) is 5.02. The van der Waals surface area contributed by atoms with Crippen LogP contribution in [0.4, 0.5) is 0 Å². The number of pyridine rings is 1. The topological polar surface area (TPSA) is 53.8 Å². The number of nitrogens with zero attached hydrogens (tertiary/aromatic N) is 2. The first-order valence-corrected chi connectivity index (χ1v) is 9.97. The van der Waals surface area contributed by atoms with Crippen molar-refractivity contribution >= 4 is 21.8 Å². The van der Waals surface area contributed by atoms with Crippen molar-refractivity contribution in [3.05, 3.63) is 102 Å². The Bertz CT molecular complexity index is 1250. The van der Waals surface area contributed by atoms with Crippen molar-refractivity contribution in [3.63, 3.8) is 0 Å². The first kappa shape index (κ1) is 17.7. The van der Waals surface area contributed by atoms with Crippen LogP contribution in [0.5, 0.6) is 0 Å². The Morgan fingerprint density at radius 1 is 0.931 bits per heavy atom. The van der Waals surface area contributed by atoms with Gasteiger partial charge in [0.15, 0.2) is 0 Å². The maximum atomic E-state index is 12.2. The minimum absolute atomic E-state index is 0.446. The first-order valence-electron chi connectivity index (χ1n) is 9.97. The molecule has 2 N–H and O–H groups in total. The predicted molar refractivity (Wildman–Crippen MR) is 117 cm³/mol. The second kappa shape index (κ2) is 6.90. The van der Waals surface area contributed by atoms with E-state index in [9.17, 15) is 5.11 Å². The van der Waals surface area contributed by atoms with Gasteiger partial charge >= 0.3 is 0 Å². The van der Waals surface area contributed by atoms with Crippen molar-refractivity contribution in [1.29, 1.82) is 0 Å². The van der Waals surface area contributed by atoms with Gasteiger partial charge in [-0.25, -0.2) is 0 Å². The summed E-state index contributed by atoms with van der Waals surface area (Å²) in [4.78, 5) is 7.63. The van der Waals surface area contributed by atoms with Crippen molar-refractivity contribution in [1.82, 2.24) is 14.5 Å². The summed E-state index contributed by atoms with van der Waals surface area (Å²) in [6, 6.07) is 24.5. The van der Waals surface area contributed by atoms with Crippen LogP contribution in [0.15, 0.2) is 85.2 Å². The normalized spacial score (nSPS) is 13.7. The molecule has 0 aliphatic carbocycles. The number of nitrogens with one attached hydrogen (secondary N) is 1. The van der Waals surface area contributed by atoms with Crippen molar-refractivity contribution < 1.29 is 5.11 Å². The summed E-state index contributed by atoms with van der Waals surface area (Å²) in [6.45, 7) is 2.90. The smallest absolute Gasteiger partial charge is 0.135 e. The van der Waals surface area contributed by atoms with Crippen molar-refractivity contribution in [2.75, 3.05) is 0 Å². The van der Waals surface area contributed by atoms with E-state index in [-0.39, 0.29) is 0 Å². The van der Waals surface area contributed by atoms with E-state index in [0.717, 1.165) is 45.3 Å². The standard InChI is InChI=1S/C25H23N3O/c1-2-28-23-10-6-4-8-19(23)16-24(28)25(29,20-11-13-26-14-12-20)17-21-15-18-7-3-5-9-22(18)27-21/h3-16,27,29H,2,17H2,1H3. The highest BCUT2D eigenvalue weighted by molar-refractivity contribution is 5.82. The van der Waals surface area contributed by atoms with Crippen molar-refractivity contribution in [2.45, 2.75) is 25.5 Å². The van der Waals surface area contributed by atoms with E-state index < -0.39 is 5.60 Å². The number of benzene rings is 2. The van der Waals surface area contributed by atoms with Crippen LogP contribution in [0.3, 0.4) is 0 Å². The maximum Gasteiger partial charge on any atom is 0.135 e. The first-order chi connectivity index (χ1) is 14.2. The minimum atomic E-state index is -1.18. The molecule has 3 aromatic heterocycles. The monoisotopic (exact) mass is 381 g/mol. The van der Waals surface area contributed by atoms with Crippen molar-refractivity contribution in [3.8, 4) is 0 Å². The molecule has 3 heterocycles. The third kappa shape index (κ3) is 2.93. The van der Waals surface area contributed by atoms with Crippen LogP contribution in [-0.4, -0.2) is 19.6 Å². The number of fused-ring (bicyclic) bond motifs is 2. The summed E-state index contributed by atoms with van der Waals surface area (Å²) in [5.74, 6) is 0. The third-order valence-electron chi connectivity index (χ3n) is 5.74. The fourth-order valence-electron chi connectivity index (χ4n) is 4.37. The maximum absolute atomic E-state index is 12.2. The van der Waals surface area contributed by atoms with Gasteiger partial charge in [-0.1, -0.05) is 36.4 Å². The Morgan fingerprint density at radius 3 is 2.41 bits per heavy atom. The van der Waals surface area contributed by atoms with Crippen molar-refractivity contribution in [2.24, 2.45) is 0 Å². The SMILES string of the molecule is CCn1c(C(O)(Cc2cc3ccccc3[nH]2)c2ccncc2)cc2ccccc21. The van der Waals surface area contributed by atoms with Crippen LogP contribution in [0.25, 0.3) is 21.8 Å². The molecule has 1 unspecified atom stereocenters. The number of hydrogen-bond donors (Lipinski definition) is 2. The molecule has 0 bridgehead atoms. The molecule has 2 aromatic carbocycles. The molecule has 5 rings (SSSR count). The van der Waals surface area contributed by atoms with E-state index in [2.05, 4.69) is 57.9 Å². The molecule has 0 saturated heterocycles. The molecular formula is C25H23N3O. The van der Waals surface area contributed by atoms with E-state index in [1.54, 1.807) is 12.4 Å². The molecule has 0 saturated carbocycles. The third-order valence-corrected chi connectivity index (χ3v) is 5.74. The Hall–Kier alpha value is -3.37. The molecular weight excluding hydrogens is 358 g/mol. The zero-order chi connectivity index (χ0) is 19.8. The molecule has 0 amide bonds. The van der Waals surface area contributed by atoms with Gasteiger partial charge < -0.3 is 14.7 Å². The number of hydrogen-bond acceptors (Lipinski definition) is 2. The molecule has 5 aromatic rings. The Morgan fingerprint density at radius 2 is 1.66 bits per heavy atom. The van der Waals surface area contributed by atoms with Crippen LogP contribution in [-0.2, 0) is 18.6 Å². The minimum Gasteiger partial charge on any atom is -0.378 e. The van der Waals surface area contributed by atoms with E-state index in [1.807, 2.05) is 36.4 Å². The average Bonchev–Trinajstić information content (AvgIpc) is 3.34. The molecule has 144 valence electrons. The van der Waals surface area contributed by atoms with Crippen LogP contribution in [0, 0.1) is 0 Å². The Labute approximate surface area is 169 Å². The lowest BCUT2D eigenvalue weighted by Gasteiger charge is -2.30. The van der Waals surface area contributed by atoms with Gasteiger partial charge in [0.2, 0.25) is 0 Å². The van der Waals surface area contributed by atoms with Gasteiger partial charge in [0, 0.05) is 42.1 Å². The highest BCUT2D eigenvalue weighted by Crippen LogP contribution is 2.37. The number of aromatic amines is 1. The lowest BCUT2D eigenvalue weighted by molar-refractivity contribution is 0.0721. The number of aryl methyl sites for hydroxylation is 1. The van der Waals surface area contributed by atoms with Gasteiger partial charge in [0.1, 0.15) is 5.60 Å². The summed E-state index contributed by atoms with van der Waals surface area (Å²) in [6.07, 6.45) is 3.93. The highest BCUT2D eigenvalue weighted by Gasteiger charge is 2.36. The zero-order valence-corrected chi connectivity index (χ0v) is 16.3. The van der Waals surface area contributed by atoms with Gasteiger partial charge in [-0.3, -0.25) is 4.98 Å². The molecule has 0 aliphatic heterocycles. The number of rotatable bonds is 5. The van der Waals surface area contributed by atoms with Crippen LogP contribution < -0.4 is 0 Å². The lowest BCUT2D eigenvalue weighted by Crippen LogP contribution is -2.33. The summed E-state index contributed by atoms with van der Waals surface area (Å²) < 4.78 is 2.21. The van der Waals surface area contributed by atoms with Crippen LogP contribution in [0.1, 0.15) is 23.9 Å². The molecule has 0 radical (unpaired) electrons. The van der Waals surface area contributed by atoms with E-state index >= 15 is 0 Å². The molecule has 0 spiro atoms. The quantitative estimate of drug-likeness (QED) is 0.449. The number of para-hydroxylation sites is 2. The van der Waals surface area contributed by atoms with E-state index in [4.69, 9.17) is 0 Å². The zero-order valence-electron chi connectivity index (χ0n) is 16.3. The summed E-state index contributed by atoms with van der Waals surface area (Å²) >= 11 is 0. The Balaban J connectivity index is 1.71. The molecule has 1 atom stereocenters. The largest absolute Gasteiger partial charge is 0.378 e. The second-order valence-electron chi connectivity index (χ2n) is 7.49. The second-order valence-corrected chi connectivity index (χ2v) is 7.49. The Kier molecular flexibility index (Phi) is 4.22. The molecule has 29 heavy (non-hydrogen) atoms. The van der Waals surface area contributed by atoms with Gasteiger partial charge in [-0.2, -0.15) is 0 Å². The number of aliphatic hydroxyl groups is 1. The van der Waals surface area contributed by atoms with E-state index in [0.29, 0.717) is 6.42 Å². The molecule has 0 aliphatic rings.